The van der Waals surface area contributed by atoms with E-state index in [1.165, 1.54) is 18.2 Å². The van der Waals surface area contributed by atoms with Gasteiger partial charge in [0.1, 0.15) is 11.6 Å². The number of fused-ring (bicyclic) bond motifs is 2. The molecule has 6 heteroatoms. The summed E-state index contributed by atoms with van der Waals surface area (Å²) in [6.07, 6.45) is 0. The lowest BCUT2D eigenvalue weighted by Gasteiger charge is -2.29. The Morgan fingerprint density at radius 1 is 1.13 bits per heavy atom. The van der Waals surface area contributed by atoms with Gasteiger partial charge in [-0.25, -0.2) is 4.39 Å². The number of rotatable bonds is 1. The number of ether oxygens (including phenoxy) is 1. The third kappa shape index (κ3) is 2.31. The number of halogens is 1. The second-order valence-electron chi connectivity index (χ2n) is 5.63. The lowest BCUT2D eigenvalue weighted by atomic mass is 10.1. The Kier molecular flexibility index (Phi) is 3.20. The number of pyridine rings is 1. The highest BCUT2D eigenvalue weighted by Gasteiger charge is 2.16. The number of nitrogens with one attached hydrogen (secondary N) is 1. The molecule has 0 atom stereocenters. The molecular weight excluding hydrogens is 299 g/mol. The molecule has 0 amide bonds. The Hall–Kier alpha value is -2.60. The Morgan fingerprint density at radius 2 is 1.91 bits per heavy atom. The van der Waals surface area contributed by atoms with Gasteiger partial charge in [-0.15, -0.1) is 0 Å². The molecule has 0 bridgehead atoms. The molecule has 2 aromatic carbocycles. The minimum Gasteiger partial charge on any atom is -0.507 e. The van der Waals surface area contributed by atoms with Crippen molar-refractivity contribution in [2.75, 3.05) is 31.2 Å². The number of benzene rings is 2. The summed E-state index contributed by atoms with van der Waals surface area (Å²) in [5, 5.41) is 10.9. The minimum atomic E-state index is -0.416. The zero-order chi connectivity index (χ0) is 16.0. The number of phenolic OH excluding ortho intramolecular Hbond substituents is 1. The van der Waals surface area contributed by atoms with E-state index in [0.29, 0.717) is 29.6 Å². The van der Waals surface area contributed by atoms with Gasteiger partial charge in [0.15, 0.2) is 0 Å². The minimum absolute atomic E-state index is 0.0727. The highest BCUT2D eigenvalue weighted by Crippen LogP contribution is 2.29. The summed E-state index contributed by atoms with van der Waals surface area (Å²) in [5.41, 5.74) is 1.42. The monoisotopic (exact) mass is 314 g/mol. The summed E-state index contributed by atoms with van der Waals surface area (Å²) in [5.74, 6) is -0.488. The molecule has 2 heterocycles. The van der Waals surface area contributed by atoms with E-state index < -0.39 is 5.82 Å². The Morgan fingerprint density at radius 3 is 2.70 bits per heavy atom. The van der Waals surface area contributed by atoms with Gasteiger partial charge >= 0.3 is 0 Å². The fourth-order valence-corrected chi connectivity index (χ4v) is 3.05. The third-order valence-corrected chi connectivity index (χ3v) is 4.20. The predicted molar refractivity (Wildman–Crippen MR) is 86.7 cm³/mol. The van der Waals surface area contributed by atoms with E-state index in [9.17, 15) is 14.3 Å². The van der Waals surface area contributed by atoms with Gasteiger partial charge in [-0.05, 0) is 24.3 Å². The number of aromatic hydroxyl groups is 1. The first-order chi connectivity index (χ1) is 11.1. The highest BCUT2D eigenvalue weighted by atomic mass is 19.1. The van der Waals surface area contributed by atoms with Crippen LogP contribution in [0.1, 0.15) is 0 Å². The number of hydrogen-bond donors (Lipinski definition) is 2. The van der Waals surface area contributed by atoms with Gasteiger partial charge in [-0.3, -0.25) is 4.79 Å². The Bertz CT molecular complexity index is 961. The standard InChI is InChI=1S/C17H15FN2O3/c18-10-1-2-12-13(7-10)19-14-8-11(20-3-5-23-6-4-20)9-15(21)16(14)17(12)22/h1-2,7-9,21H,3-6H2,(H,19,22). The quantitative estimate of drug-likeness (QED) is 0.677. The van der Waals surface area contributed by atoms with Gasteiger partial charge in [0, 0.05) is 30.2 Å². The molecule has 2 N–H and O–H groups in total. The second-order valence-corrected chi connectivity index (χ2v) is 5.63. The predicted octanol–water partition coefficient (Wildman–Crippen LogP) is 2.36. The normalized spacial score (nSPS) is 15.4. The van der Waals surface area contributed by atoms with Crippen LogP contribution < -0.4 is 10.3 Å². The molecule has 0 radical (unpaired) electrons. The summed E-state index contributed by atoms with van der Waals surface area (Å²) in [6, 6.07) is 7.36. The molecule has 1 aliphatic rings. The number of H-pyrrole nitrogens is 1. The SMILES string of the molecule is O=c1c2ccc(F)cc2[nH]c2cc(N3CCOCC3)cc(O)c12. The van der Waals surface area contributed by atoms with E-state index in [-0.39, 0.29) is 16.6 Å². The molecule has 5 nitrogen and oxygen atoms in total. The maximum atomic E-state index is 13.4. The van der Waals surface area contributed by atoms with Crippen molar-refractivity contribution in [3.8, 4) is 5.75 Å². The van der Waals surface area contributed by atoms with Crippen LogP contribution in [0.25, 0.3) is 21.8 Å². The average molecular weight is 314 g/mol. The van der Waals surface area contributed by atoms with Crippen molar-refractivity contribution in [1.82, 2.24) is 4.98 Å². The Labute approximate surface area is 130 Å². The van der Waals surface area contributed by atoms with Crippen molar-refractivity contribution in [3.63, 3.8) is 0 Å². The summed E-state index contributed by atoms with van der Waals surface area (Å²) >= 11 is 0. The van der Waals surface area contributed by atoms with Gasteiger partial charge in [-0.1, -0.05) is 0 Å². The van der Waals surface area contributed by atoms with Crippen LogP contribution in [-0.4, -0.2) is 36.4 Å². The highest BCUT2D eigenvalue weighted by molar-refractivity contribution is 5.97. The van der Waals surface area contributed by atoms with Crippen molar-refractivity contribution in [1.29, 1.82) is 0 Å². The fraction of sp³-hybridized carbons (Fsp3) is 0.235. The van der Waals surface area contributed by atoms with Crippen molar-refractivity contribution >= 4 is 27.5 Å². The summed E-state index contributed by atoms with van der Waals surface area (Å²) in [7, 11) is 0. The zero-order valence-corrected chi connectivity index (χ0v) is 12.3. The first-order valence-electron chi connectivity index (χ1n) is 7.44. The second kappa shape index (κ2) is 5.24. The van der Waals surface area contributed by atoms with Gasteiger partial charge in [0.2, 0.25) is 5.43 Å². The van der Waals surface area contributed by atoms with Crippen molar-refractivity contribution in [2.24, 2.45) is 0 Å². The molecule has 3 aromatic rings. The fourth-order valence-electron chi connectivity index (χ4n) is 3.05. The first-order valence-corrected chi connectivity index (χ1v) is 7.44. The molecule has 0 saturated carbocycles. The molecular formula is C17H15FN2O3. The van der Waals surface area contributed by atoms with Crippen LogP contribution in [0.3, 0.4) is 0 Å². The summed E-state index contributed by atoms with van der Waals surface area (Å²) < 4.78 is 18.7. The van der Waals surface area contributed by atoms with Gasteiger partial charge in [-0.2, -0.15) is 0 Å². The van der Waals surface area contributed by atoms with Crippen LogP contribution >= 0.6 is 0 Å². The van der Waals surface area contributed by atoms with E-state index in [4.69, 9.17) is 4.74 Å². The molecule has 4 rings (SSSR count). The molecule has 1 aromatic heterocycles. The van der Waals surface area contributed by atoms with E-state index in [1.54, 1.807) is 6.07 Å². The van der Waals surface area contributed by atoms with Crippen LogP contribution in [0.2, 0.25) is 0 Å². The number of morpholine rings is 1. The van der Waals surface area contributed by atoms with Crippen LogP contribution in [0.5, 0.6) is 5.75 Å². The number of nitrogens with zero attached hydrogens (tertiary/aromatic N) is 1. The average Bonchev–Trinajstić information content (AvgIpc) is 2.55. The van der Waals surface area contributed by atoms with Crippen molar-refractivity contribution in [2.45, 2.75) is 0 Å². The zero-order valence-electron chi connectivity index (χ0n) is 12.3. The number of hydrogen-bond acceptors (Lipinski definition) is 4. The summed E-state index contributed by atoms with van der Waals surface area (Å²) in [4.78, 5) is 17.7. The van der Waals surface area contributed by atoms with Crippen molar-refractivity contribution < 1.29 is 14.2 Å². The molecule has 0 spiro atoms. The van der Waals surface area contributed by atoms with E-state index in [0.717, 1.165) is 18.8 Å². The van der Waals surface area contributed by atoms with Crippen LogP contribution in [0, 0.1) is 5.82 Å². The molecule has 0 aliphatic carbocycles. The van der Waals surface area contributed by atoms with Crippen molar-refractivity contribution in [3.05, 3.63) is 46.4 Å². The Balaban J connectivity index is 1.97. The molecule has 1 saturated heterocycles. The lowest BCUT2D eigenvalue weighted by molar-refractivity contribution is 0.122. The number of phenols is 1. The van der Waals surface area contributed by atoms with Gasteiger partial charge < -0.3 is 19.7 Å². The van der Waals surface area contributed by atoms with Crippen LogP contribution in [0.15, 0.2) is 35.1 Å². The van der Waals surface area contributed by atoms with E-state index >= 15 is 0 Å². The topological polar surface area (TPSA) is 65.6 Å². The van der Waals surface area contributed by atoms with E-state index in [2.05, 4.69) is 9.88 Å². The third-order valence-electron chi connectivity index (χ3n) is 4.20. The number of aromatic nitrogens is 1. The smallest absolute Gasteiger partial charge is 0.200 e. The molecule has 1 aliphatic heterocycles. The van der Waals surface area contributed by atoms with Crippen LogP contribution in [0.4, 0.5) is 10.1 Å². The lowest BCUT2D eigenvalue weighted by Crippen LogP contribution is -2.36. The van der Waals surface area contributed by atoms with Gasteiger partial charge in [0.05, 0.1) is 29.6 Å². The molecule has 118 valence electrons. The number of aromatic amines is 1. The summed E-state index contributed by atoms with van der Waals surface area (Å²) in [6.45, 7) is 2.69. The van der Waals surface area contributed by atoms with E-state index in [1.807, 2.05) is 6.07 Å². The molecule has 0 unspecified atom stereocenters. The van der Waals surface area contributed by atoms with Crippen LogP contribution in [-0.2, 0) is 4.74 Å². The van der Waals surface area contributed by atoms with Gasteiger partial charge in [0.25, 0.3) is 0 Å². The molecule has 1 fully saturated rings. The largest absolute Gasteiger partial charge is 0.507 e. The number of anilines is 1. The molecule has 23 heavy (non-hydrogen) atoms. The maximum Gasteiger partial charge on any atom is 0.200 e. The first kappa shape index (κ1) is 14.0. The maximum absolute atomic E-state index is 13.4.